The maximum absolute atomic E-state index is 12.5. The molecule has 0 spiro atoms. The Hall–Kier alpha value is -2.35. The Balaban J connectivity index is 2.27. The molecule has 8 heteroatoms. The number of nitrogens with one attached hydrogen (secondary N) is 2. The lowest BCUT2D eigenvalue weighted by molar-refractivity contribution is -0.144. The minimum atomic E-state index is -0.937. The number of carboxylic acid groups (broad SMARTS) is 1. The van der Waals surface area contributed by atoms with Crippen LogP contribution in [0.5, 0.6) is 0 Å². The van der Waals surface area contributed by atoms with Gasteiger partial charge in [-0.1, -0.05) is 50.5 Å². The van der Waals surface area contributed by atoms with E-state index in [4.69, 9.17) is 0 Å². The van der Waals surface area contributed by atoms with Crippen molar-refractivity contribution in [2.75, 3.05) is 5.32 Å². The van der Waals surface area contributed by atoms with E-state index in [1.54, 1.807) is 29.1 Å². The van der Waals surface area contributed by atoms with Gasteiger partial charge < -0.3 is 20.3 Å². The van der Waals surface area contributed by atoms with Crippen LogP contribution in [0.1, 0.15) is 52.5 Å². The Bertz CT molecular complexity index is 825. The fraction of sp³-hybridized carbons (Fsp3) is 0.450. The summed E-state index contributed by atoms with van der Waals surface area (Å²) in [6.07, 6.45) is 3.23. The van der Waals surface area contributed by atoms with E-state index in [1.807, 2.05) is 46.8 Å². The summed E-state index contributed by atoms with van der Waals surface area (Å²) in [4.78, 5) is 28.8. The van der Waals surface area contributed by atoms with Crippen LogP contribution >= 0.6 is 15.9 Å². The average Bonchev–Trinajstić information content (AvgIpc) is 3.01. The van der Waals surface area contributed by atoms with E-state index < -0.39 is 23.5 Å². The Morgan fingerprint density at radius 1 is 1.18 bits per heavy atom. The van der Waals surface area contributed by atoms with Crippen LogP contribution in [-0.2, 0) is 4.79 Å². The quantitative estimate of drug-likeness (QED) is 0.586. The van der Waals surface area contributed by atoms with Gasteiger partial charge in [-0.2, -0.15) is 0 Å². The van der Waals surface area contributed by atoms with Crippen molar-refractivity contribution in [3.63, 3.8) is 0 Å². The number of rotatable bonds is 6. The highest BCUT2D eigenvalue weighted by Gasteiger charge is 2.36. The second-order valence-corrected chi connectivity index (χ2v) is 9.04. The third kappa shape index (κ3) is 5.34. The molecular weight excluding hydrogens is 424 g/mol. The van der Waals surface area contributed by atoms with Crippen LogP contribution in [0, 0.1) is 11.3 Å². The summed E-state index contributed by atoms with van der Waals surface area (Å²) in [5.41, 5.74) is 0.132. The predicted octanol–water partition coefficient (Wildman–Crippen LogP) is 4.84. The van der Waals surface area contributed by atoms with E-state index in [2.05, 4.69) is 31.5 Å². The molecule has 2 aromatic rings. The lowest BCUT2D eigenvalue weighted by Gasteiger charge is -2.32. The SMILES string of the molecule is CC(C)[C@H](NC(=O)Nc1ccc(Br)cc1)c1nccn1C(C(=O)O)C(C)(C)C. The summed E-state index contributed by atoms with van der Waals surface area (Å²) in [7, 11) is 0. The van der Waals surface area contributed by atoms with E-state index >= 15 is 0 Å². The minimum absolute atomic E-state index is 0.00577. The van der Waals surface area contributed by atoms with E-state index in [0.29, 0.717) is 11.5 Å². The predicted molar refractivity (Wildman–Crippen MR) is 112 cm³/mol. The van der Waals surface area contributed by atoms with Crippen molar-refractivity contribution in [2.24, 2.45) is 11.3 Å². The number of anilines is 1. The van der Waals surface area contributed by atoms with Crippen molar-refractivity contribution in [2.45, 2.75) is 46.7 Å². The van der Waals surface area contributed by atoms with Crippen molar-refractivity contribution in [3.8, 4) is 0 Å². The number of carboxylic acids is 1. The third-order valence-corrected chi connectivity index (χ3v) is 4.89. The molecule has 0 saturated heterocycles. The van der Waals surface area contributed by atoms with Gasteiger partial charge in [0, 0.05) is 22.6 Å². The van der Waals surface area contributed by atoms with Gasteiger partial charge in [0.1, 0.15) is 11.9 Å². The number of aromatic nitrogens is 2. The summed E-state index contributed by atoms with van der Waals surface area (Å²) in [5.74, 6) is -0.414. The molecule has 1 unspecified atom stereocenters. The van der Waals surface area contributed by atoms with E-state index in [9.17, 15) is 14.7 Å². The molecule has 0 aliphatic rings. The zero-order valence-electron chi connectivity index (χ0n) is 16.7. The van der Waals surface area contributed by atoms with Crippen LogP contribution < -0.4 is 10.6 Å². The first-order valence-corrected chi connectivity index (χ1v) is 9.88. The molecule has 2 rings (SSSR count). The number of benzene rings is 1. The maximum Gasteiger partial charge on any atom is 0.327 e. The normalized spacial score (nSPS) is 13.8. The van der Waals surface area contributed by atoms with Crippen LogP contribution in [0.3, 0.4) is 0 Å². The lowest BCUT2D eigenvalue weighted by atomic mass is 9.86. The number of halogens is 1. The van der Waals surface area contributed by atoms with Gasteiger partial charge in [-0.25, -0.2) is 14.6 Å². The van der Waals surface area contributed by atoms with Gasteiger partial charge in [0.05, 0.1) is 6.04 Å². The molecule has 1 aromatic heterocycles. The molecule has 1 heterocycles. The summed E-state index contributed by atoms with van der Waals surface area (Å²) in [5, 5.41) is 15.5. The van der Waals surface area contributed by atoms with Crippen LogP contribution in [0.15, 0.2) is 41.1 Å². The van der Waals surface area contributed by atoms with Crippen LogP contribution in [0.4, 0.5) is 10.5 Å². The summed E-state index contributed by atoms with van der Waals surface area (Å²) in [6, 6.07) is 5.62. The first-order chi connectivity index (χ1) is 13.0. The largest absolute Gasteiger partial charge is 0.480 e. The molecule has 3 N–H and O–H groups in total. The third-order valence-electron chi connectivity index (χ3n) is 4.36. The maximum atomic E-state index is 12.5. The van der Waals surface area contributed by atoms with Crippen molar-refractivity contribution < 1.29 is 14.7 Å². The Labute approximate surface area is 173 Å². The first kappa shape index (κ1) is 21.9. The molecule has 0 aliphatic heterocycles. The standard InChI is InChI=1S/C20H27BrN4O3/c1-12(2)15(24-19(28)23-14-8-6-13(21)7-9-14)17-22-10-11-25(17)16(18(26)27)20(3,4)5/h6-12,15-16H,1-5H3,(H,26,27)(H2,23,24,28)/t15-,16?/m0/s1. The van der Waals surface area contributed by atoms with Crippen molar-refractivity contribution in [1.29, 1.82) is 0 Å². The zero-order valence-corrected chi connectivity index (χ0v) is 18.3. The van der Waals surface area contributed by atoms with Gasteiger partial charge in [0.25, 0.3) is 0 Å². The minimum Gasteiger partial charge on any atom is -0.480 e. The van der Waals surface area contributed by atoms with Crippen molar-refractivity contribution in [1.82, 2.24) is 14.9 Å². The first-order valence-electron chi connectivity index (χ1n) is 9.09. The molecule has 7 nitrogen and oxygen atoms in total. The van der Waals surface area contributed by atoms with Crippen LogP contribution in [0.2, 0.25) is 0 Å². The molecule has 2 atom stereocenters. The van der Waals surface area contributed by atoms with E-state index in [0.717, 1.165) is 4.47 Å². The van der Waals surface area contributed by atoms with Crippen molar-refractivity contribution in [3.05, 3.63) is 47.0 Å². The monoisotopic (exact) mass is 450 g/mol. The number of hydrogen-bond acceptors (Lipinski definition) is 3. The highest BCUT2D eigenvalue weighted by molar-refractivity contribution is 9.10. The molecular formula is C20H27BrN4O3. The van der Waals surface area contributed by atoms with E-state index in [1.165, 1.54) is 0 Å². The summed E-state index contributed by atoms with van der Waals surface area (Å²) < 4.78 is 2.56. The molecule has 28 heavy (non-hydrogen) atoms. The zero-order chi connectivity index (χ0) is 21.1. The number of carbonyl (C=O) groups excluding carboxylic acids is 1. The molecule has 0 radical (unpaired) electrons. The van der Waals surface area contributed by atoms with Gasteiger partial charge in [-0.05, 0) is 35.6 Å². The van der Waals surface area contributed by atoms with Crippen LogP contribution in [-0.4, -0.2) is 26.7 Å². The lowest BCUT2D eigenvalue weighted by Crippen LogP contribution is -2.39. The molecule has 0 fully saturated rings. The second kappa shape index (κ2) is 8.77. The number of urea groups is 1. The van der Waals surface area contributed by atoms with Crippen molar-refractivity contribution >= 4 is 33.6 Å². The fourth-order valence-electron chi connectivity index (χ4n) is 3.06. The highest BCUT2D eigenvalue weighted by atomic mass is 79.9. The Morgan fingerprint density at radius 3 is 2.29 bits per heavy atom. The number of carbonyl (C=O) groups is 2. The number of amides is 2. The van der Waals surface area contributed by atoms with Gasteiger partial charge in [-0.15, -0.1) is 0 Å². The fourth-order valence-corrected chi connectivity index (χ4v) is 3.33. The van der Waals surface area contributed by atoms with Gasteiger partial charge in [-0.3, -0.25) is 0 Å². The summed E-state index contributed by atoms with van der Waals surface area (Å²) >= 11 is 3.36. The molecule has 1 aromatic carbocycles. The van der Waals surface area contributed by atoms with E-state index in [-0.39, 0.29) is 11.9 Å². The number of hydrogen-bond donors (Lipinski definition) is 3. The molecule has 0 aliphatic carbocycles. The molecule has 2 amide bonds. The van der Waals surface area contributed by atoms with Gasteiger partial charge >= 0.3 is 12.0 Å². The highest BCUT2D eigenvalue weighted by Crippen LogP contribution is 2.34. The topological polar surface area (TPSA) is 96.3 Å². The smallest absolute Gasteiger partial charge is 0.327 e. The molecule has 0 saturated carbocycles. The number of nitrogens with zero attached hydrogens (tertiary/aromatic N) is 2. The molecule has 0 bridgehead atoms. The number of aliphatic carboxylic acids is 1. The van der Waals surface area contributed by atoms with Gasteiger partial charge in [0.2, 0.25) is 0 Å². The Kier molecular flexibility index (Phi) is 6.87. The number of imidazole rings is 1. The van der Waals surface area contributed by atoms with Gasteiger partial charge in [0.15, 0.2) is 0 Å². The van der Waals surface area contributed by atoms with Crippen LogP contribution in [0.25, 0.3) is 0 Å². The molecule has 152 valence electrons. The average molecular weight is 451 g/mol. The Morgan fingerprint density at radius 2 is 1.79 bits per heavy atom. The second-order valence-electron chi connectivity index (χ2n) is 8.13. The summed E-state index contributed by atoms with van der Waals surface area (Å²) in [6.45, 7) is 9.52.